The van der Waals surface area contributed by atoms with Crippen molar-refractivity contribution in [2.24, 2.45) is 0 Å². The van der Waals surface area contributed by atoms with Crippen LogP contribution in [0.3, 0.4) is 0 Å². The number of benzene rings is 3. The molecule has 4 rings (SSSR count). The number of hydrogen-bond acceptors (Lipinski definition) is 7. The molecule has 0 atom stereocenters. The van der Waals surface area contributed by atoms with E-state index in [-0.39, 0.29) is 30.0 Å². The summed E-state index contributed by atoms with van der Waals surface area (Å²) < 4.78 is 12.4. The van der Waals surface area contributed by atoms with Crippen LogP contribution < -0.4 is 9.47 Å². The van der Waals surface area contributed by atoms with Gasteiger partial charge in [0.15, 0.2) is 11.5 Å². The van der Waals surface area contributed by atoms with Crippen LogP contribution in [-0.2, 0) is 17.9 Å². The van der Waals surface area contributed by atoms with Gasteiger partial charge in [-0.05, 0) is 94.1 Å². The van der Waals surface area contributed by atoms with Gasteiger partial charge in [-0.3, -0.25) is 24.6 Å². The maximum atomic E-state index is 13.0. The van der Waals surface area contributed by atoms with Crippen molar-refractivity contribution in [2.45, 2.75) is 27.0 Å². The average Bonchev–Trinajstić information content (AvgIpc) is 3.12. The third kappa shape index (κ3) is 6.20. The first-order valence-electron chi connectivity index (χ1n) is 11.4. The van der Waals surface area contributed by atoms with Crippen molar-refractivity contribution < 1.29 is 24.0 Å². The maximum absolute atomic E-state index is 13.0. The van der Waals surface area contributed by atoms with Crippen molar-refractivity contribution in [3.63, 3.8) is 0 Å². The molecule has 1 saturated heterocycles. The lowest BCUT2D eigenvalue weighted by molar-refractivity contribution is -0.384. The number of non-ortho nitro benzene ring substituents is 1. The maximum Gasteiger partial charge on any atom is 0.293 e. The molecule has 10 heteroatoms. The van der Waals surface area contributed by atoms with E-state index in [0.29, 0.717) is 33.0 Å². The van der Waals surface area contributed by atoms with Crippen molar-refractivity contribution >= 4 is 50.6 Å². The van der Waals surface area contributed by atoms with E-state index in [9.17, 15) is 19.7 Å². The monoisotopic (exact) mass is 582 g/mol. The minimum absolute atomic E-state index is 0.00704. The Morgan fingerprint density at radius 1 is 1.08 bits per heavy atom. The van der Waals surface area contributed by atoms with Crippen LogP contribution in [0.25, 0.3) is 6.08 Å². The molecule has 3 aromatic carbocycles. The molecular formula is C27H23BrN2O6S. The summed E-state index contributed by atoms with van der Waals surface area (Å²) in [6, 6.07) is 17.3. The fourth-order valence-electron chi connectivity index (χ4n) is 3.69. The number of ether oxygens (including phenoxy) is 2. The number of nitrogens with zero attached hydrogens (tertiary/aromatic N) is 2. The second-order valence-electron chi connectivity index (χ2n) is 8.17. The normalized spacial score (nSPS) is 14.4. The highest BCUT2D eigenvalue weighted by molar-refractivity contribution is 9.10. The number of rotatable bonds is 9. The Hall–Kier alpha value is -3.63. The van der Waals surface area contributed by atoms with Crippen LogP contribution in [0.5, 0.6) is 11.5 Å². The fourth-order valence-corrected chi connectivity index (χ4v) is 5.10. The molecule has 0 radical (unpaired) electrons. The molecule has 1 heterocycles. The molecule has 0 unspecified atom stereocenters. The molecule has 37 heavy (non-hydrogen) atoms. The molecule has 3 aromatic rings. The number of halogens is 1. The van der Waals surface area contributed by atoms with Gasteiger partial charge in [-0.2, -0.15) is 0 Å². The lowest BCUT2D eigenvalue weighted by Gasteiger charge is -2.15. The molecule has 0 N–H and O–H groups in total. The Morgan fingerprint density at radius 3 is 2.49 bits per heavy atom. The van der Waals surface area contributed by atoms with Gasteiger partial charge in [-0.25, -0.2) is 0 Å². The molecule has 190 valence electrons. The Kier molecular flexibility index (Phi) is 8.30. The molecule has 1 aliphatic rings. The molecule has 0 aromatic heterocycles. The third-order valence-electron chi connectivity index (χ3n) is 5.62. The van der Waals surface area contributed by atoms with E-state index < -0.39 is 4.92 Å². The Labute approximate surface area is 226 Å². The number of aryl methyl sites for hydroxylation is 1. The number of thioether (sulfide) groups is 1. The predicted octanol–water partition coefficient (Wildman–Crippen LogP) is 6.88. The smallest absolute Gasteiger partial charge is 0.293 e. The van der Waals surface area contributed by atoms with Gasteiger partial charge in [0.2, 0.25) is 0 Å². The number of amides is 2. The van der Waals surface area contributed by atoms with Crippen molar-refractivity contribution in [1.29, 1.82) is 0 Å². The largest absolute Gasteiger partial charge is 0.490 e. The van der Waals surface area contributed by atoms with Crippen LogP contribution in [-0.4, -0.2) is 27.6 Å². The van der Waals surface area contributed by atoms with Gasteiger partial charge < -0.3 is 9.47 Å². The van der Waals surface area contributed by atoms with E-state index in [0.717, 1.165) is 28.5 Å². The van der Waals surface area contributed by atoms with Crippen LogP contribution in [0.4, 0.5) is 10.5 Å². The van der Waals surface area contributed by atoms with Gasteiger partial charge in [0, 0.05) is 12.1 Å². The van der Waals surface area contributed by atoms with Crippen molar-refractivity contribution in [1.82, 2.24) is 4.90 Å². The molecule has 8 nitrogen and oxygen atoms in total. The molecule has 1 aliphatic heterocycles. The summed E-state index contributed by atoms with van der Waals surface area (Å²) in [5.74, 6) is 0.583. The standard InChI is InChI=1S/C27H23BrN2O6S/c1-3-35-23-13-19(12-22(28)25(23)36-16-18-8-10-21(11-9-18)30(33)34)14-24-26(31)29(27(32)37-24)15-20-7-5-4-6-17(20)2/h4-14H,3,15-16H2,1-2H3/b24-14-. The van der Waals surface area contributed by atoms with Gasteiger partial charge in [-0.15, -0.1) is 0 Å². The topological polar surface area (TPSA) is 99.0 Å². The summed E-state index contributed by atoms with van der Waals surface area (Å²) in [5, 5.41) is 10.6. The van der Waals surface area contributed by atoms with Crippen LogP contribution in [0.1, 0.15) is 29.2 Å². The first-order chi connectivity index (χ1) is 17.8. The van der Waals surface area contributed by atoms with Gasteiger partial charge in [0.1, 0.15) is 6.61 Å². The molecule has 0 aliphatic carbocycles. The lowest BCUT2D eigenvalue weighted by atomic mass is 10.1. The van der Waals surface area contributed by atoms with E-state index in [1.165, 1.54) is 17.0 Å². The number of carbonyl (C=O) groups excluding carboxylic acids is 2. The average molecular weight is 583 g/mol. The zero-order valence-electron chi connectivity index (χ0n) is 20.1. The van der Waals surface area contributed by atoms with Gasteiger partial charge in [-0.1, -0.05) is 24.3 Å². The second-order valence-corrected chi connectivity index (χ2v) is 10.0. The molecule has 2 amide bonds. The number of nitro groups is 1. The zero-order chi connectivity index (χ0) is 26.5. The van der Waals surface area contributed by atoms with Crippen molar-refractivity contribution in [2.75, 3.05) is 6.61 Å². The quantitative estimate of drug-likeness (QED) is 0.154. The zero-order valence-corrected chi connectivity index (χ0v) is 22.5. The minimum Gasteiger partial charge on any atom is -0.490 e. The van der Waals surface area contributed by atoms with Gasteiger partial charge >= 0.3 is 0 Å². The lowest BCUT2D eigenvalue weighted by Crippen LogP contribution is -2.27. The summed E-state index contributed by atoms with van der Waals surface area (Å²) >= 11 is 4.42. The molecule has 0 saturated carbocycles. The SMILES string of the molecule is CCOc1cc(/C=C2\SC(=O)N(Cc3ccccc3C)C2=O)cc(Br)c1OCc1ccc([N+](=O)[O-])cc1. The highest BCUT2D eigenvalue weighted by atomic mass is 79.9. The summed E-state index contributed by atoms with van der Waals surface area (Å²) in [4.78, 5) is 37.6. The molecule has 0 bridgehead atoms. The van der Waals surface area contributed by atoms with E-state index >= 15 is 0 Å². The number of hydrogen-bond donors (Lipinski definition) is 0. The molecule has 1 fully saturated rings. The van der Waals surface area contributed by atoms with Crippen LogP contribution in [0.2, 0.25) is 0 Å². The highest BCUT2D eigenvalue weighted by Gasteiger charge is 2.35. The van der Waals surface area contributed by atoms with Crippen molar-refractivity contribution in [3.05, 3.63) is 102 Å². The number of imide groups is 1. The first-order valence-corrected chi connectivity index (χ1v) is 13.0. The van der Waals surface area contributed by atoms with E-state index in [4.69, 9.17) is 9.47 Å². The fraction of sp³-hybridized carbons (Fsp3) is 0.185. The highest BCUT2D eigenvalue weighted by Crippen LogP contribution is 2.40. The van der Waals surface area contributed by atoms with Crippen LogP contribution in [0, 0.1) is 17.0 Å². The van der Waals surface area contributed by atoms with E-state index in [1.807, 2.05) is 38.1 Å². The molecule has 0 spiro atoms. The van der Waals surface area contributed by atoms with E-state index in [1.54, 1.807) is 30.3 Å². The summed E-state index contributed by atoms with van der Waals surface area (Å²) in [5.41, 5.74) is 3.36. The summed E-state index contributed by atoms with van der Waals surface area (Å²) in [6.07, 6.45) is 1.66. The van der Waals surface area contributed by atoms with Crippen LogP contribution >= 0.6 is 27.7 Å². The number of nitro benzene ring substituents is 1. The minimum atomic E-state index is -0.454. The van der Waals surface area contributed by atoms with Crippen molar-refractivity contribution in [3.8, 4) is 11.5 Å². The summed E-state index contributed by atoms with van der Waals surface area (Å²) in [6.45, 7) is 4.57. The van der Waals surface area contributed by atoms with Gasteiger partial charge in [0.05, 0.1) is 27.5 Å². The first kappa shape index (κ1) is 26.4. The number of carbonyl (C=O) groups is 2. The third-order valence-corrected chi connectivity index (χ3v) is 7.12. The molecular weight excluding hydrogens is 560 g/mol. The Balaban J connectivity index is 1.54. The van der Waals surface area contributed by atoms with Crippen LogP contribution in [0.15, 0.2) is 70.0 Å². The predicted molar refractivity (Wildman–Crippen MR) is 145 cm³/mol. The van der Waals surface area contributed by atoms with E-state index in [2.05, 4.69) is 15.9 Å². The van der Waals surface area contributed by atoms with Gasteiger partial charge in [0.25, 0.3) is 16.8 Å². The summed E-state index contributed by atoms with van der Waals surface area (Å²) in [7, 11) is 0. The Morgan fingerprint density at radius 2 is 1.81 bits per heavy atom. The Bertz CT molecular complexity index is 1390. The second kappa shape index (κ2) is 11.6.